The molecule has 1 nitrogen and oxygen atoms in total. The van der Waals surface area contributed by atoms with Crippen molar-refractivity contribution in [2.75, 3.05) is 13.2 Å². The van der Waals surface area contributed by atoms with E-state index >= 15 is 0 Å². The monoisotopic (exact) mass is 190 g/mol. The molecule has 1 fully saturated rings. The van der Waals surface area contributed by atoms with Gasteiger partial charge in [0.2, 0.25) is 0 Å². The summed E-state index contributed by atoms with van der Waals surface area (Å²) in [6.45, 7) is 6.38. The molecule has 0 amide bonds. The maximum Gasteiger partial charge on any atom is 0.0522 e. The van der Waals surface area contributed by atoms with Crippen LogP contribution in [0.15, 0.2) is 30.3 Å². The average Bonchev–Trinajstić information content (AvgIpc) is 2.18. The smallest absolute Gasteiger partial charge is 0.0522 e. The fourth-order valence-electron chi connectivity index (χ4n) is 2.33. The Labute approximate surface area is 86.1 Å². The van der Waals surface area contributed by atoms with Gasteiger partial charge in [-0.1, -0.05) is 44.2 Å². The van der Waals surface area contributed by atoms with Crippen LogP contribution >= 0.6 is 0 Å². The van der Waals surface area contributed by atoms with Crippen LogP contribution in [0.5, 0.6) is 0 Å². The zero-order valence-electron chi connectivity index (χ0n) is 8.99. The standard InChI is InChI=1S/C13H18O/c1-13(2)10-14-9-8-12(13)11-6-4-3-5-7-11/h3-7,12H,8-10H2,1-2H3. The van der Waals surface area contributed by atoms with Gasteiger partial charge in [0.1, 0.15) is 0 Å². The minimum absolute atomic E-state index is 0.277. The molecular formula is C13H18O. The van der Waals surface area contributed by atoms with Gasteiger partial charge in [0.05, 0.1) is 6.61 Å². The maximum absolute atomic E-state index is 5.54. The maximum atomic E-state index is 5.54. The van der Waals surface area contributed by atoms with Gasteiger partial charge in [-0.2, -0.15) is 0 Å². The predicted octanol–water partition coefficient (Wildman–Crippen LogP) is 3.22. The van der Waals surface area contributed by atoms with Gasteiger partial charge < -0.3 is 4.74 Å². The Morgan fingerprint density at radius 2 is 1.93 bits per heavy atom. The molecule has 0 N–H and O–H groups in total. The van der Waals surface area contributed by atoms with Crippen LogP contribution in [0.2, 0.25) is 0 Å². The van der Waals surface area contributed by atoms with Crippen molar-refractivity contribution >= 4 is 0 Å². The summed E-state index contributed by atoms with van der Waals surface area (Å²) in [6.07, 6.45) is 1.15. The molecular weight excluding hydrogens is 172 g/mol. The van der Waals surface area contributed by atoms with E-state index in [0.29, 0.717) is 5.92 Å². The number of rotatable bonds is 1. The van der Waals surface area contributed by atoms with Crippen molar-refractivity contribution in [2.24, 2.45) is 5.41 Å². The summed E-state index contributed by atoms with van der Waals surface area (Å²) >= 11 is 0. The fraction of sp³-hybridized carbons (Fsp3) is 0.538. The van der Waals surface area contributed by atoms with E-state index < -0.39 is 0 Å². The van der Waals surface area contributed by atoms with Crippen molar-refractivity contribution in [3.63, 3.8) is 0 Å². The zero-order valence-corrected chi connectivity index (χ0v) is 8.99. The van der Waals surface area contributed by atoms with E-state index in [9.17, 15) is 0 Å². The second kappa shape index (κ2) is 3.74. The van der Waals surface area contributed by atoms with Crippen LogP contribution in [0, 0.1) is 5.41 Å². The highest BCUT2D eigenvalue weighted by Gasteiger charge is 2.33. The molecule has 0 aromatic heterocycles. The highest BCUT2D eigenvalue weighted by Crippen LogP contribution is 2.40. The third kappa shape index (κ3) is 1.83. The molecule has 14 heavy (non-hydrogen) atoms. The molecule has 0 aliphatic carbocycles. The van der Waals surface area contributed by atoms with E-state index in [4.69, 9.17) is 4.74 Å². The topological polar surface area (TPSA) is 9.23 Å². The minimum atomic E-state index is 0.277. The van der Waals surface area contributed by atoms with E-state index in [0.717, 1.165) is 19.6 Å². The summed E-state index contributed by atoms with van der Waals surface area (Å²) in [5.74, 6) is 0.650. The molecule has 1 saturated heterocycles. The van der Waals surface area contributed by atoms with E-state index in [2.05, 4.69) is 44.2 Å². The normalized spacial score (nSPS) is 26.0. The summed E-state index contributed by atoms with van der Waals surface area (Å²) in [4.78, 5) is 0. The number of hydrogen-bond donors (Lipinski definition) is 0. The van der Waals surface area contributed by atoms with E-state index in [-0.39, 0.29) is 5.41 Å². The van der Waals surface area contributed by atoms with E-state index in [1.165, 1.54) is 5.56 Å². The Kier molecular flexibility index (Phi) is 2.60. The van der Waals surface area contributed by atoms with Crippen molar-refractivity contribution in [3.8, 4) is 0 Å². The minimum Gasteiger partial charge on any atom is -0.381 e. The van der Waals surface area contributed by atoms with Crippen LogP contribution in [0.3, 0.4) is 0 Å². The van der Waals surface area contributed by atoms with Crippen LogP contribution in [0.4, 0.5) is 0 Å². The molecule has 0 saturated carbocycles. The summed E-state index contributed by atoms with van der Waals surface area (Å²) in [6, 6.07) is 10.8. The molecule has 1 aliphatic heterocycles. The lowest BCUT2D eigenvalue weighted by molar-refractivity contribution is -0.00453. The van der Waals surface area contributed by atoms with Gasteiger partial charge >= 0.3 is 0 Å². The van der Waals surface area contributed by atoms with Gasteiger partial charge in [0.25, 0.3) is 0 Å². The first-order valence-electron chi connectivity index (χ1n) is 5.33. The highest BCUT2D eigenvalue weighted by molar-refractivity contribution is 5.22. The lowest BCUT2D eigenvalue weighted by atomic mass is 9.72. The lowest BCUT2D eigenvalue weighted by Crippen LogP contribution is -2.33. The molecule has 1 unspecified atom stereocenters. The molecule has 76 valence electrons. The van der Waals surface area contributed by atoms with Crippen LogP contribution < -0.4 is 0 Å². The van der Waals surface area contributed by atoms with Gasteiger partial charge in [-0.05, 0) is 23.3 Å². The van der Waals surface area contributed by atoms with Crippen molar-refractivity contribution in [1.29, 1.82) is 0 Å². The van der Waals surface area contributed by atoms with Crippen molar-refractivity contribution in [2.45, 2.75) is 26.2 Å². The van der Waals surface area contributed by atoms with Crippen LogP contribution in [0.1, 0.15) is 31.7 Å². The Balaban J connectivity index is 2.24. The second-order valence-electron chi connectivity index (χ2n) is 4.79. The Morgan fingerprint density at radius 3 is 2.57 bits per heavy atom. The van der Waals surface area contributed by atoms with Gasteiger partial charge in [-0.3, -0.25) is 0 Å². The first-order chi connectivity index (χ1) is 6.70. The SMILES string of the molecule is CC1(C)COCCC1c1ccccc1. The molecule has 1 heteroatoms. The Hall–Kier alpha value is -0.820. The molecule has 1 heterocycles. The summed E-state index contributed by atoms with van der Waals surface area (Å²) in [7, 11) is 0. The second-order valence-corrected chi connectivity index (χ2v) is 4.79. The Bertz CT molecular complexity index is 289. The summed E-state index contributed by atoms with van der Waals surface area (Å²) < 4.78 is 5.54. The zero-order chi connectivity index (χ0) is 10.0. The number of hydrogen-bond acceptors (Lipinski definition) is 1. The van der Waals surface area contributed by atoms with E-state index in [1.54, 1.807) is 0 Å². The average molecular weight is 190 g/mol. The first kappa shape index (κ1) is 9.72. The molecule has 1 aromatic rings. The largest absolute Gasteiger partial charge is 0.381 e. The third-order valence-corrected chi connectivity index (χ3v) is 3.17. The van der Waals surface area contributed by atoms with Gasteiger partial charge in [0.15, 0.2) is 0 Å². The molecule has 1 atom stereocenters. The molecule has 1 aliphatic rings. The highest BCUT2D eigenvalue weighted by atomic mass is 16.5. The lowest BCUT2D eigenvalue weighted by Gasteiger charge is -2.38. The van der Waals surface area contributed by atoms with E-state index in [1.807, 2.05) is 0 Å². The van der Waals surface area contributed by atoms with Gasteiger partial charge in [0, 0.05) is 6.61 Å². The number of benzene rings is 1. The van der Waals surface area contributed by atoms with Crippen molar-refractivity contribution in [1.82, 2.24) is 0 Å². The van der Waals surface area contributed by atoms with Crippen molar-refractivity contribution in [3.05, 3.63) is 35.9 Å². The first-order valence-corrected chi connectivity index (χ1v) is 5.33. The van der Waals surface area contributed by atoms with Gasteiger partial charge in [-0.25, -0.2) is 0 Å². The van der Waals surface area contributed by atoms with Gasteiger partial charge in [-0.15, -0.1) is 0 Å². The van der Waals surface area contributed by atoms with Crippen LogP contribution in [-0.2, 0) is 4.74 Å². The number of ether oxygens (including phenoxy) is 1. The van der Waals surface area contributed by atoms with Crippen LogP contribution in [-0.4, -0.2) is 13.2 Å². The summed E-state index contributed by atoms with van der Waals surface area (Å²) in [5.41, 5.74) is 1.74. The van der Waals surface area contributed by atoms with Crippen LogP contribution in [0.25, 0.3) is 0 Å². The molecule has 0 radical (unpaired) electrons. The van der Waals surface area contributed by atoms with Crippen molar-refractivity contribution < 1.29 is 4.74 Å². The summed E-state index contributed by atoms with van der Waals surface area (Å²) in [5, 5.41) is 0. The molecule has 0 bridgehead atoms. The predicted molar refractivity (Wildman–Crippen MR) is 58.4 cm³/mol. The Morgan fingerprint density at radius 1 is 1.21 bits per heavy atom. The molecule has 1 aromatic carbocycles. The quantitative estimate of drug-likeness (QED) is 0.660. The fourth-order valence-corrected chi connectivity index (χ4v) is 2.33. The molecule has 2 rings (SSSR count). The third-order valence-electron chi connectivity index (χ3n) is 3.17. The molecule has 0 spiro atoms.